The topological polar surface area (TPSA) is 50.7 Å². The maximum absolute atomic E-state index is 5.94. The Labute approximate surface area is 110 Å². The molecule has 2 rings (SSSR count). The third-order valence-electron chi connectivity index (χ3n) is 2.86. The van der Waals surface area contributed by atoms with Crippen LogP contribution in [0.5, 0.6) is 0 Å². The third kappa shape index (κ3) is 2.27. The van der Waals surface area contributed by atoms with Crippen LogP contribution < -0.4 is 5.73 Å². The van der Waals surface area contributed by atoms with Crippen LogP contribution in [0.2, 0.25) is 0 Å². The molecule has 0 fully saturated rings. The molecule has 1 aromatic rings. The molecule has 3 nitrogen and oxygen atoms in total. The van der Waals surface area contributed by atoms with E-state index in [1.54, 1.807) is 0 Å². The number of rotatable bonds is 2. The lowest BCUT2D eigenvalue weighted by atomic mass is 10.0. The maximum atomic E-state index is 5.94. The Morgan fingerprint density at radius 3 is 2.53 bits per heavy atom. The van der Waals surface area contributed by atoms with Crippen LogP contribution in [0.1, 0.15) is 26.3 Å². The summed E-state index contributed by atoms with van der Waals surface area (Å²) in [7, 11) is 0. The largest absolute Gasteiger partial charge is 0.382 e. The molecule has 1 atom stereocenters. The molecule has 1 aliphatic heterocycles. The molecule has 1 aliphatic rings. The molecule has 90 valence electrons. The molecular weight excluding hydrogens is 278 g/mol. The zero-order chi connectivity index (χ0) is 12.6. The second kappa shape index (κ2) is 4.26. The highest BCUT2D eigenvalue weighted by Crippen LogP contribution is 2.33. The van der Waals surface area contributed by atoms with E-state index in [0.29, 0.717) is 11.8 Å². The molecule has 1 heterocycles. The Kier molecular flexibility index (Phi) is 3.08. The van der Waals surface area contributed by atoms with E-state index in [2.05, 4.69) is 39.8 Å². The number of aliphatic imine (C=N–C) groups is 2. The van der Waals surface area contributed by atoms with Crippen molar-refractivity contribution >= 4 is 27.5 Å². The Balaban J connectivity index is 2.47. The molecular formula is C13H16BrN3. The first-order valence-corrected chi connectivity index (χ1v) is 6.43. The number of halogens is 1. The Hall–Kier alpha value is -1.16. The number of benzene rings is 1. The SMILES string of the molecule is CC(C)C1=NC(C)(c2cccc(Br)c2)N=C1N. The minimum absolute atomic E-state index is 0.299. The second-order valence-electron chi connectivity index (χ2n) is 4.68. The van der Waals surface area contributed by atoms with Gasteiger partial charge in [-0.3, -0.25) is 4.99 Å². The van der Waals surface area contributed by atoms with Crippen LogP contribution in [-0.4, -0.2) is 11.5 Å². The minimum Gasteiger partial charge on any atom is -0.382 e. The highest BCUT2D eigenvalue weighted by atomic mass is 79.9. The molecule has 1 aromatic carbocycles. The van der Waals surface area contributed by atoms with Crippen LogP contribution in [0.3, 0.4) is 0 Å². The van der Waals surface area contributed by atoms with Gasteiger partial charge in [0.05, 0.1) is 5.71 Å². The summed E-state index contributed by atoms with van der Waals surface area (Å²) in [4.78, 5) is 9.18. The molecule has 0 saturated carbocycles. The first kappa shape index (κ1) is 12.3. The summed E-state index contributed by atoms with van der Waals surface area (Å²) in [5, 5.41) is 0. The van der Waals surface area contributed by atoms with Gasteiger partial charge in [0.25, 0.3) is 0 Å². The number of nitrogens with zero attached hydrogens (tertiary/aromatic N) is 2. The van der Waals surface area contributed by atoms with Gasteiger partial charge in [-0.2, -0.15) is 0 Å². The fourth-order valence-corrected chi connectivity index (χ4v) is 2.34. The Bertz CT molecular complexity index is 505. The van der Waals surface area contributed by atoms with Crippen molar-refractivity contribution in [1.82, 2.24) is 0 Å². The number of hydrogen-bond acceptors (Lipinski definition) is 3. The molecule has 0 aromatic heterocycles. The predicted octanol–water partition coefficient (Wildman–Crippen LogP) is 3.09. The summed E-state index contributed by atoms with van der Waals surface area (Å²) in [6.45, 7) is 6.14. The zero-order valence-electron chi connectivity index (χ0n) is 10.2. The standard InChI is InChI=1S/C13H16BrN3/c1-8(2)11-12(15)17-13(3,16-11)9-5-4-6-10(14)7-9/h4-8H,1-3H3,(H2,15,17). The molecule has 17 heavy (non-hydrogen) atoms. The molecule has 0 bridgehead atoms. The van der Waals surface area contributed by atoms with E-state index >= 15 is 0 Å². The lowest BCUT2D eigenvalue weighted by molar-refractivity contribution is 0.537. The summed E-state index contributed by atoms with van der Waals surface area (Å²) in [5.41, 5.74) is 7.31. The Morgan fingerprint density at radius 2 is 2.00 bits per heavy atom. The van der Waals surface area contributed by atoms with Gasteiger partial charge in [0.1, 0.15) is 5.84 Å². The summed E-state index contributed by atoms with van der Waals surface area (Å²) in [6.07, 6.45) is 0. The van der Waals surface area contributed by atoms with E-state index in [0.717, 1.165) is 15.7 Å². The van der Waals surface area contributed by atoms with E-state index in [1.165, 1.54) is 0 Å². The summed E-state index contributed by atoms with van der Waals surface area (Å²) < 4.78 is 1.03. The summed E-state index contributed by atoms with van der Waals surface area (Å²) in [6, 6.07) is 8.03. The highest BCUT2D eigenvalue weighted by Gasteiger charge is 2.33. The van der Waals surface area contributed by atoms with Crippen LogP contribution in [0.25, 0.3) is 0 Å². The second-order valence-corrected chi connectivity index (χ2v) is 5.60. The molecule has 0 spiro atoms. The van der Waals surface area contributed by atoms with Crippen molar-refractivity contribution in [2.75, 3.05) is 0 Å². The van der Waals surface area contributed by atoms with E-state index < -0.39 is 5.66 Å². The molecule has 4 heteroatoms. The van der Waals surface area contributed by atoms with Crippen LogP contribution in [-0.2, 0) is 5.66 Å². The number of hydrogen-bond donors (Lipinski definition) is 1. The molecule has 1 unspecified atom stereocenters. The monoisotopic (exact) mass is 293 g/mol. The number of nitrogens with two attached hydrogens (primary N) is 1. The van der Waals surface area contributed by atoms with Gasteiger partial charge in [0, 0.05) is 10.0 Å². The Morgan fingerprint density at radius 1 is 1.29 bits per heavy atom. The highest BCUT2D eigenvalue weighted by molar-refractivity contribution is 9.10. The molecule has 0 aliphatic carbocycles. The van der Waals surface area contributed by atoms with Crippen molar-refractivity contribution in [3.05, 3.63) is 34.3 Å². The van der Waals surface area contributed by atoms with Crippen molar-refractivity contribution in [2.45, 2.75) is 26.4 Å². The number of amidine groups is 1. The lowest BCUT2D eigenvalue weighted by Crippen LogP contribution is -2.25. The van der Waals surface area contributed by atoms with Crippen LogP contribution >= 0.6 is 15.9 Å². The van der Waals surface area contributed by atoms with Gasteiger partial charge in [0.2, 0.25) is 0 Å². The summed E-state index contributed by atoms with van der Waals surface area (Å²) >= 11 is 3.46. The van der Waals surface area contributed by atoms with Crippen molar-refractivity contribution in [3.8, 4) is 0 Å². The van der Waals surface area contributed by atoms with Gasteiger partial charge < -0.3 is 5.73 Å². The molecule has 2 N–H and O–H groups in total. The van der Waals surface area contributed by atoms with E-state index in [9.17, 15) is 0 Å². The lowest BCUT2D eigenvalue weighted by Gasteiger charge is -2.18. The molecule has 0 amide bonds. The van der Waals surface area contributed by atoms with Gasteiger partial charge in [-0.1, -0.05) is 41.9 Å². The normalized spacial score (nSPS) is 23.8. The van der Waals surface area contributed by atoms with Crippen molar-refractivity contribution in [1.29, 1.82) is 0 Å². The quantitative estimate of drug-likeness (QED) is 0.895. The smallest absolute Gasteiger partial charge is 0.175 e. The fraction of sp³-hybridized carbons (Fsp3) is 0.385. The molecule has 0 saturated heterocycles. The average Bonchev–Trinajstić information content (AvgIpc) is 2.56. The van der Waals surface area contributed by atoms with Gasteiger partial charge in [-0.25, -0.2) is 4.99 Å². The predicted molar refractivity (Wildman–Crippen MR) is 75.4 cm³/mol. The van der Waals surface area contributed by atoms with E-state index in [1.807, 2.05) is 31.2 Å². The molecule has 0 radical (unpaired) electrons. The van der Waals surface area contributed by atoms with Crippen molar-refractivity contribution in [2.24, 2.45) is 21.6 Å². The minimum atomic E-state index is -0.576. The van der Waals surface area contributed by atoms with Crippen LogP contribution in [0, 0.1) is 5.92 Å². The maximum Gasteiger partial charge on any atom is 0.175 e. The zero-order valence-corrected chi connectivity index (χ0v) is 11.8. The first-order chi connectivity index (χ1) is 7.92. The van der Waals surface area contributed by atoms with E-state index in [-0.39, 0.29) is 0 Å². The van der Waals surface area contributed by atoms with Gasteiger partial charge in [0.15, 0.2) is 5.66 Å². The van der Waals surface area contributed by atoms with Crippen molar-refractivity contribution in [3.63, 3.8) is 0 Å². The summed E-state index contributed by atoms with van der Waals surface area (Å²) in [5.74, 6) is 0.857. The van der Waals surface area contributed by atoms with Gasteiger partial charge >= 0.3 is 0 Å². The fourth-order valence-electron chi connectivity index (χ4n) is 1.95. The first-order valence-electron chi connectivity index (χ1n) is 5.64. The average molecular weight is 294 g/mol. The van der Waals surface area contributed by atoms with Crippen LogP contribution in [0.4, 0.5) is 0 Å². The van der Waals surface area contributed by atoms with Gasteiger partial charge in [-0.05, 0) is 25.0 Å². The third-order valence-corrected chi connectivity index (χ3v) is 3.35. The van der Waals surface area contributed by atoms with Crippen molar-refractivity contribution < 1.29 is 0 Å². The van der Waals surface area contributed by atoms with Gasteiger partial charge in [-0.15, -0.1) is 0 Å². The van der Waals surface area contributed by atoms with Crippen LogP contribution in [0.15, 0.2) is 38.7 Å². The van der Waals surface area contributed by atoms with E-state index in [4.69, 9.17) is 5.73 Å².